The summed E-state index contributed by atoms with van der Waals surface area (Å²) < 4.78 is 18.9. The molecule has 4 heteroatoms. The molecule has 0 bridgehead atoms. The van der Waals surface area contributed by atoms with E-state index in [0.29, 0.717) is 11.5 Å². The van der Waals surface area contributed by atoms with Crippen LogP contribution < -0.4 is 5.32 Å². The zero-order valence-corrected chi connectivity index (χ0v) is 10.5. The molecule has 1 aromatic carbocycles. The number of rotatable bonds is 3. The normalized spacial score (nSPS) is 23.9. The summed E-state index contributed by atoms with van der Waals surface area (Å²) in [6.07, 6.45) is 4.24. The Balaban J connectivity index is 2.06. The average Bonchev–Trinajstić information content (AvgIpc) is 2.95. The van der Waals surface area contributed by atoms with E-state index in [0.717, 1.165) is 37.7 Å². The monoisotopic (exact) mass is 248 g/mol. The van der Waals surface area contributed by atoms with Crippen molar-refractivity contribution in [2.75, 3.05) is 6.54 Å². The fourth-order valence-corrected chi connectivity index (χ4v) is 2.84. The van der Waals surface area contributed by atoms with Crippen molar-refractivity contribution in [2.24, 2.45) is 0 Å². The smallest absolute Gasteiger partial charge is 0.215 e. The van der Waals surface area contributed by atoms with Crippen molar-refractivity contribution in [2.45, 2.75) is 38.1 Å². The zero-order chi connectivity index (χ0) is 12.6. The summed E-state index contributed by atoms with van der Waals surface area (Å²) in [6, 6.07) is 4.50. The van der Waals surface area contributed by atoms with E-state index < -0.39 is 0 Å². The van der Waals surface area contributed by atoms with Gasteiger partial charge in [0, 0.05) is 6.07 Å². The first kappa shape index (κ1) is 11.7. The summed E-state index contributed by atoms with van der Waals surface area (Å²) in [5, 5.41) is 3.51. The fraction of sp³-hybridized carbons (Fsp3) is 0.500. The van der Waals surface area contributed by atoms with E-state index in [1.807, 2.05) is 0 Å². The third kappa shape index (κ3) is 1.81. The minimum Gasteiger partial charge on any atom is -0.439 e. The fourth-order valence-electron chi connectivity index (χ4n) is 2.84. The van der Waals surface area contributed by atoms with Crippen LogP contribution in [0.1, 0.15) is 38.5 Å². The minimum atomic E-state index is -0.283. The van der Waals surface area contributed by atoms with Crippen LogP contribution >= 0.6 is 0 Å². The Kier molecular flexibility index (Phi) is 2.82. The lowest BCUT2D eigenvalue weighted by atomic mass is 9.92. The van der Waals surface area contributed by atoms with Crippen molar-refractivity contribution in [3.63, 3.8) is 0 Å². The van der Waals surface area contributed by atoms with Crippen LogP contribution in [-0.2, 0) is 5.54 Å². The molecule has 18 heavy (non-hydrogen) atoms. The van der Waals surface area contributed by atoms with E-state index >= 15 is 0 Å². The number of fused-ring (bicyclic) bond motifs is 1. The highest BCUT2D eigenvalue weighted by molar-refractivity contribution is 5.72. The Hall–Kier alpha value is -1.42. The maximum atomic E-state index is 13.2. The van der Waals surface area contributed by atoms with E-state index in [2.05, 4.69) is 17.2 Å². The van der Waals surface area contributed by atoms with E-state index in [1.165, 1.54) is 12.1 Å². The van der Waals surface area contributed by atoms with Gasteiger partial charge >= 0.3 is 0 Å². The largest absolute Gasteiger partial charge is 0.439 e. The molecule has 1 atom stereocenters. The number of aromatic nitrogens is 1. The summed E-state index contributed by atoms with van der Waals surface area (Å²) in [7, 11) is 0. The molecule has 1 aromatic heterocycles. The topological polar surface area (TPSA) is 38.1 Å². The van der Waals surface area contributed by atoms with Crippen LogP contribution in [0, 0.1) is 5.82 Å². The second-order valence-corrected chi connectivity index (χ2v) is 4.99. The van der Waals surface area contributed by atoms with Crippen LogP contribution in [-0.4, -0.2) is 11.5 Å². The first-order valence-corrected chi connectivity index (χ1v) is 6.55. The maximum Gasteiger partial charge on any atom is 0.215 e. The number of nitrogens with zero attached hydrogens (tertiary/aromatic N) is 1. The SMILES string of the molecule is CCCC1(c2nc3ccc(F)cc3o2)CCCN1. The van der Waals surface area contributed by atoms with Crippen molar-refractivity contribution < 1.29 is 8.81 Å². The molecule has 1 fully saturated rings. The Morgan fingerprint density at radius 2 is 2.39 bits per heavy atom. The van der Waals surface area contributed by atoms with E-state index in [4.69, 9.17) is 4.42 Å². The molecule has 0 spiro atoms. The van der Waals surface area contributed by atoms with E-state index in [9.17, 15) is 4.39 Å². The highest BCUT2D eigenvalue weighted by Crippen LogP contribution is 2.36. The second kappa shape index (κ2) is 4.35. The zero-order valence-electron chi connectivity index (χ0n) is 10.5. The van der Waals surface area contributed by atoms with Gasteiger partial charge in [-0.05, 0) is 37.9 Å². The molecule has 0 radical (unpaired) electrons. The third-order valence-electron chi connectivity index (χ3n) is 3.68. The number of oxazole rings is 1. The van der Waals surface area contributed by atoms with Gasteiger partial charge in [-0.15, -0.1) is 0 Å². The van der Waals surface area contributed by atoms with Crippen molar-refractivity contribution >= 4 is 11.1 Å². The standard InChI is InChI=1S/C14H17FN2O/c1-2-6-14(7-3-8-16-14)13-17-11-5-4-10(15)9-12(11)18-13/h4-5,9,16H,2-3,6-8H2,1H3. The highest BCUT2D eigenvalue weighted by atomic mass is 19.1. The van der Waals surface area contributed by atoms with Gasteiger partial charge in [0.25, 0.3) is 0 Å². The van der Waals surface area contributed by atoms with E-state index in [1.54, 1.807) is 6.07 Å². The molecule has 0 aliphatic carbocycles. The Morgan fingerprint density at radius 3 is 3.11 bits per heavy atom. The molecule has 0 saturated carbocycles. The van der Waals surface area contributed by atoms with Crippen LogP contribution in [0.25, 0.3) is 11.1 Å². The number of nitrogens with one attached hydrogen (secondary N) is 1. The molecular weight excluding hydrogens is 231 g/mol. The minimum absolute atomic E-state index is 0.149. The molecule has 1 saturated heterocycles. The lowest BCUT2D eigenvalue weighted by molar-refractivity contribution is 0.279. The van der Waals surface area contributed by atoms with Crippen LogP contribution in [0.2, 0.25) is 0 Å². The van der Waals surface area contributed by atoms with Crippen molar-refractivity contribution in [3.8, 4) is 0 Å². The van der Waals surface area contributed by atoms with Crippen LogP contribution in [0.15, 0.2) is 22.6 Å². The van der Waals surface area contributed by atoms with Crippen LogP contribution in [0.3, 0.4) is 0 Å². The highest BCUT2D eigenvalue weighted by Gasteiger charge is 2.39. The van der Waals surface area contributed by atoms with Crippen molar-refractivity contribution in [1.82, 2.24) is 10.3 Å². The third-order valence-corrected chi connectivity index (χ3v) is 3.68. The van der Waals surface area contributed by atoms with Crippen molar-refractivity contribution in [1.29, 1.82) is 0 Å². The molecule has 1 N–H and O–H groups in total. The molecule has 1 aliphatic rings. The van der Waals surface area contributed by atoms with Crippen LogP contribution in [0.4, 0.5) is 4.39 Å². The number of hydrogen-bond acceptors (Lipinski definition) is 3. The van der Waals surface area contributed by atoms with Crippen molar-refractivity contribution in [3.05, 3.63) is 29.9 Å². The predicted octanol–water partition coefficient (Wildman–Crippen LogP) is 3.35. The van der Waals surface area contributed by atoms with Gasteiger partial charge in [0.1, 0.15) is 11.3 Å². The van der Waals surface area contributed by atoms with Crippen LogP contribution in [0.5, 0.6) is 0 Å². The Labute approximate surface area is 105 Å². The molecule has 3 rings (SSSR count). The van der Waals surface area contributed by atoms with Gasteiger partial charge < -0.3 is 9.73 Å². The number of hydrogen-bond donors (Lipinski definition) is 1. The average molecular weight is 248 g/mol. The van der Waals surface area contributed by atoms with Gasteiger partial charge in [-0.1, -0.05) is 13.3 Å². The summed E-state index contributed by atoms with van der Waals surface area (Å²) in [4.78, 5) is 4.53. The molecule has 3 nitrogen and oxygen atoms in total. The number of benzene rings is 1. The van der Waals surface area contributed by atoms with Gasteiger partial charge in [0.15, 0.2) is 5.58 Å². The molecule has 1 unspecified atom stereocenters. The van der Waals surface area contributed by atoms with E-state index in [-0.39, 0.29) is 11.4 Å². The molecule has 96 valence electrons. The maximum absolute atomic E-state index is 13.2. The van der Waals surface area contributed by atoms with Gasteiger partial charge in [-0.25, -0.2) is 9.37 Å². The van der Waals surface area contributed by atoms with Gasteiger partial charge in [-0.2, -0.15) is 0 Å². The summed E-state index contributed by atoms with van der Waals surface area (Å²) in [5.74, 6) is 0.427. The first-order chi connectivity index (χ1) is 8.73. The Morgan fingerprint density at radius 1 is 1.50 bits per heavy atom. The van der Waals surface area contributed by atoms with Gasteiger partial charge in [0.05, 0.1) is 5.54 Å². The Bertz CT molecular complexity index is 558. The molecule has 0 amide bonds. The van der Waals surface area contributed by atoms with Gasteiger partial charge in [-0.3, -0.25) is 0 Å². The molecule has 2 heterocycles. The summed E-state index contributed by atoms with van der Waals surface area (Å²) in [6.45, 7) is 3.15. The number of halogens is 1. The van der Waals surface area contributed by atoms with Gasteiger partial charge in [0.2, 0.25) is 5.89 Å². The lowest BCUT2D eigenvalue weighted by Crippen LogP contribution is -2.36. The molecular formula is C14H17FN2O. The first-order valence-electron chi connectivity index (χ1n) is 6.55. The molecule has 1 aliphatic heterocycles. The predicted molar refractivity (Wildman–Crippen MR) is 67.8 cm³/mol. The summed E-state index contributed by atoms with van der Waals surface area (Å²) in [5.41, 5.74) is 1.12. The summed E-state index contributed by atoms with van der Waals surface area (Å²) >= 11 is 0. The quantitative estimate of drug-likeness (QED) is 0.905. The molecule has 2 aromatic rings. The lowest BCUT2D eigenvalue weighted by Gasteiger charge is -2.25. The second-order valence-electron chi connectivity index (χ2n) is 4.99.